The van der Waals surface area contributed by atoms with Crippen molar-refractivity contribution in [2.24, 2.45) is 29.6 Å². The van der Waals surface area contributed by atoms with Crippen LogP contribution in [0.2, 0.25) is 0 Å². The summed E-state index contributed by atoms with van der Waals surface area (Å²) in [5.41, 5.74) is 3.18. The van der Waals surface area contributed by atoms with Crippen LogP contribution in [0.1, 0.15) is 159 Å². The summed E-state index contributed by atoms with van der Waals surface area (Å²) in [6, 6.07) is 9.80. The van der Waals surface area contributed by atoms with E-state index in [2.05, 4.69) is 38.1 Å². The Morgan fingerprint density at radius 1 is 0.543 bits per heavy atom. The predicted octanol–water partition coefficient (Wildman–Crippen LogP) is 11.3. The van der Waals surface area contributed by atoms with E-state index in [-0.39, 0.29) is 0 Å². The number of hydrogen-bond acceptors (Lipinski definition) is 0. The molecule has 4 atom stereocenters. The molecule has 0 bridgehead atoms. The van der Waals surface area contributed by atoms with Crippen molar-refractivity contribution in [2.45, 2.75) is 155 Å². The highest BCUT2D eigenvalue weighted by atomic mass is 14.4. The van der Waals surface area contributed by atoms with Gasteiger partial charge in [0, 0.05) is 0 Å². The van der Waals surface area contributed by atoms with Gasteiger partial charge in [-0.2, -0.15) is 0 Å². The van der Waals surface area contributed by atoms with Gasteiger partial charge in [0.15, 0.2) is 0 Å². The van der Waals surface area contributed by atoms with Gasteiger partial charge in [0.25, 0.3) is 0 Å². The van der Waals surface area contributed by atoms with E-state index in [4.69, 9.17) is 0 Å². The minimum absolute atomic E-state index is 0.842. The molecule has 0 amide bonds. The lowest BCUT2D eigenvalue weighted by Gasteiger charge is -2.43. The summed E-state index contributed by atoms with van der Waals surface area (Å²) in [5.74, 6) is 6.12. The zero-order valence-corrected chi connectivity index (χ0v) is 23.6. The van der Waals surface area contributed by atoms with Gasteiger partial charge in [0.2, 0.25) is 0 Å². The van der Waals surface area contributed by atoms with E-state index in [1.807, 2.05) is 0 Å². The first-order valence-electron chi connectivity index (χ1n) is 16.3. The van der Waals surface area contributed by atoms with Crippen LogP contribution in [-0.2, 0) is 6.42 Å². The van der Waals surface area contributed by atoms with Crippen LogP contribution in [0.3, 0.4) is 0 Å². The fraction of sp³-hybridized carbons (Fsp3) is 0.829. The molecule has 4 rings (SSSR count). The largest absolute Gasteiger partial charge is 0.0654 e. The second-order valence-electron chi connectivity index (χ2n) is 13.2. The smallest absolute Gasteiger partial charge is 0.0159 e. The highest BCUT2D eigenvalue weighted by molar-refractivity contribution is 5.26. The summed E-state index contributed by atoms with van der Waals surface area (Å²) in [6.07, 6.45) is 31.1. The molecule has 0 N–H and O–H groups in total. The highest BCUT2D eigenvalue weighted by Gasteiger charge is 2.36. The Kier molecular flexibility index (Phi) is 11.6. The third-order valence-electron chi connectivity index (χ3n) is 10.7. The van der Waals surface area contributed by atoms with Crippen LogP contribution < -0.4 is 0 Å². The van der Waals surface area contributed by atoms with Crippen molar-refractivity contribution in [1.82, 2.24) is 0 Å². The average molecular weight is 479 g/mol. The maximum absolute atomic E-state index is 2.48. The van der Waals surface area contributed by atoms with Crippen LogP contribution in [0.4, 0.5) is 0 Å². The highest BCUT2D eigenvalue weighted by Crippen LogP contribution is 2.49. The fourth-order valence-electron chi connectivity index (χ4n) is 8.21. The van der Waals surface area contributed by atoms with Crippen LogP contribution in [0.15, 0.2) is 24.3 Å². The molecule has 1 aromatic rings. The first kappa shape index (κ1) is 27.3. The number of hydrogen-bond donors (Lipinski definition) is 0. The van der Waals surface area contributed by atoms with E-state index < -0.39 is 0 Å². The molecule has 4 unspecified atom stereocenters. The zero-order chi connectivity index (χ0) is 24.3. The van der Waals surface area contributed by atoms with Crippen molar-refractivity contribution in [3.8, 4) is 0 Å². The van der Waals surface area contributed by atoms with Crippen LogP contribution >= 0.6 is 0 Å². The molecule has 3 saturated carbocycles. The van der Waals surface area contributed by atoms with Gasteiger partial charge in [-0.3, -0.25) is 0 Å². The quantitative estimate of drug-likeness (QED) is 0.247. The lowest BCUT2D eigenvalue weighted by Crippen LogP contribution is -2.30. The number of benzene rings is 1. The molecule has 35 heavy (non-hydrogen) atoms. The number of aryl methyl sites for hydroxylation is 1. The minimum Gasteiger partial charge on any atom is -0.0654 e. The average Bonchev–Trinajstić information content (AvgIpc) is 2.91. The van der Waals surface area contributed by atoms with Crippen molar-refractivity contribution in [2.75, 3.05) is 0 Å². The predicted molar refractivity (Wildman–Crippen MR) is 154 cm³/mol. The van der Waals surface area contributed by atoms with E-state index in [0.717, 1.165) is 35.5 Å². The lowest BCUT2D eigenvalue weighted by atomic mass is 9.63. The fourth-order valence-corrected chi connectivity index (χ4v) is 8.21. The SMILES string of the molecule is CCCCCCCC1CCC(CCC2CCC3CC(c4ccc(CCCC)cc4)CCC3C2)CC1. The molecule has 0 spiro atoms. The summed E-state index contributed by atoms with van der Waals surface area (Å²) >= 11 is 0. The van der Waals surface area contributed by atoms with Gasteiger partial charge >= 0.3 is 0 Å². The Hall–Kier alpha value is -0.780. The monoisotopic (exact) mass is 478 g/mol. The summed E-state index contributed by atoms with van der Waals surface area (Å²) in [4.78, 5) is 0. The first-order valence-corrected chi connectivity index (χ1v) is 16.3. The molecule has 3 aliphatic carbocycles. The van der Waals surface area contributed by atoms with Gasteiger partial charge in [-0.15, -0.1) is 0 Å². The Morgan fingerprint density at radius 3 is 1.89 bits per heavy atom. The molecular weight excluding hydrogens is 420 g/mol. The number of rotatable bonds is 13. The Bertz CT molecular complexity index is 678. The summed E-state index contributed by atoms with van der Waals surface area (Å²) in [5, 5.41) is 0. The third kappa shape index (κ3) is 8.64. The maximum Gasteiger partial charge on any atom is -0.0159 e. The van der Waals surface area contributed by atoms with E-state index in [0.29, 0.717) is 0 Å². The molecule has 0 nitrogen and oxygen atoms in total. The molecule has 0 aromatic heterocycles. The summed E-state index contributed by atoms with van der Waals surface area (Å²) in [6.45, 7) is 4.62. The summed E-state index contributed by atoms with van der Waals surface area (Å²) in [7, 11) is 0. The molecule has 0 saturated heterocycles. The topological polar surface area (TPSA) is 0 Å². The third-order valence-corrected chi connectivity index (χ3v) is 10.7. The van der Waals surface area contributed by atoms with Crippen molar-refractivity contribution in [1.29, 1.82) is 0 Å². The van der Waals surface area contributed by atoms with Gasteiger partial charge in [0.05, 0.1) is 0 Å². The number of fused-ring (bicyclic) bond motifs is 1. The van der Waals surface area contributed by atoms with E-state index in [1.54, 1.807) is 56.1 Å². The van der Waals surface area contributed by atoms with Gasteiger partial charge in [-0.25, -0.2) is 0 Å². The Morgan fingerprint density at radius 2 is 1.14 bits per heavy atom. The van der Waals surface area contributed by atoms with Crippen LogP contribution in [0.25, 0.3) is 0 Å². The molecule has 198 valence electrons. The van der Waals surface area contributed by atoms with Crippen molar-refractivity contribution in [3.63, 3.8) is 0 Å². The molecule has 0 heteroatoms. The molecule has 0 heterocycles. The Labute approximate surface area is 219 Å². The van der Waals surface area contributed by atoms with E-state index in [9.17, 15) is 0 Å². The molecule has 3 aliphatic rings. The van der Waals surface area contributed by atoms with Gasteiger partial charge in [0.1, 0.15) is 0 Å². The molecule has 0 aliphatic heterocycles. The second kappa shape index (κ2) is 14.8. The standard InChI is InChI=1S/C35H58/c1-3-5-7-8-9-11-29-12-14-30(15-13-29)16-17-31-20-23-35-27-34(25-24-33(35)26-31)32-21-18-28(19-22-32)10-6-4-2/h18-19,21-22,29-31,33-35H,3-17,20,23-27H2,1-2H3. The van der Waals surface area contributed by atoms with Crippen LogP contribution in [0, 0.1) is 29.6 Å². The number of unbranched alkanes of at least 4 members (excludes halogenated alkanes) is 5. The van der Waals surface area contributed by atoms with Crippen LogP contribution in [0.5, 0.6) is 0 Å². The molecular formula is C35H58. The first-order chi connectivity index (χ1) is 17.2. The van der Waals surface area contributed by atoms with Crippen molar-refractivity contribution < 1.29 is 0 Å². The zero-order valence-electron chi connectivity index (χ0n) is 23.6. The molecule has 1 aromatic carbocycles. The van der Waals surface area contributed by atoms with E-state index >= 15 is 0 Å². The summed E-state index contributed by atoms with van der Waals surface area (Å²) < 4.78 is 0. The van der Waals surface area contributed by atoms with Gasteiger partial charge in [-0.1, -0.05) is 128 Å². The van der Waals surface area contributed by atoms with Crippen LogP contribution in [-0.4, -0.2) is 0 Å². The maximum atomic E-state index is 2.48. The molecule has 0 radical (unpaired) electrons. The van der Waals surface area contributed by atoms with E-state index in [1.165, 1.54) is 89.9 Å². The second-order valence-corrected chi connectivity index (χ2v) is 13.2. The van der Waals surface area contributed by atoms with Gasteiger partial charge in [-0.05, 0) is 91.6 Å². The van der Waals surface area contributed by atoms with Crippen molar-refractivity contribution in [3.05, 3.63) is 35.4 Å². The minimum atomic E-state index is 0.842. The Balaban J connectivity index is 1.11. The normalized spacial score (nSPS) is 31.3. The van der Waals surface area contributed by atoms with Gasteiger partial charge < -0.3 is 0 Å². The lowest BCUT2D eigenvalue weighted by molar-refractivity contribution is 0.108. The van der Waals surface area contributed by atoms with Crippen molar-refractivity contribution >= 4 is 0 Å². The molecule has 3 fully saturated rings.